The number of aromatic carboxylic acids is 2. The van der Waals surface area contributed by atoms with E-state index in [-0.39, 0.29) is 40.7 Å². The number of carboxylic acids is 2. The summed E-state index contributed by atoms with van der Waals surface area (Å²) < 4.78 is 0. The van der Waals surface area contributed by atoms with Crippen molar-refractivity contribution in [3.8, 4) is 0 Å². The summed E-state index contributed by atoms with van der Waals surface area (Å²) in [5.41, 5.74) is 0.440. The first-order valence-corrected chi connectivity index (χ1v) is 5.01. The molecule has 0 aliphatic carbocycles. The molecule has 0 saturated carbocycles. The molecule has 0 aliphatic rings. The Kier molecular flexibility index (Phi) is 8.44. The van der Waals surface area contributed by atoms with Crippen molar-refractivity contribution in [3.63, 3.8) is 0 Å². The van der Waals surface area contributed by atoms with Crippen LogP contribution in [0.15, 0.2) is 54.9 Å². The minimum atomic E-state index is -1.13. The van der Waals surface area contributed by atoms with Crippen LogP contribution in [0, 0.1) is 0 Å². The van der Waals surface area contributed by atoms with Crippen LogP contribution < -0.4 is 34.7 Å². The topological polar surface area (TPSA) is 90.3 Å². The van der Waals surface area contributed by atoms with Crippen molar-refractivity contribution in [1.82, 2.24) is 4.98 Å². The summed E-state index contributed by atoms with van der Waals surface area (Å²) in [6.45, 7) is 0. The van der Waals surface area contributed by atoms with Gasteiger partial charge in [0.15, 0.2) is 0 Å². The van der Waals surface area contributed by atoms with Gasteiger partial charge >= 0.3 is 35.5 Å². The molecular formula is C13H10NNaO4. The Labute approximate surface area is 132 Å². The minimum absolute atomic E-state index is 0. The molecule has 1 aromatic heterocycles. The van der Waals surface area contributed by atoms with Gasteiger partial charge in [-0.05, 0) is 17.7 Å². The van der Waals surface area contributed by atoms with Crippen molar-refractivity contribution in [1.29, 1.82) is 0 Å². The molecule has 5 nitrogen and oxygen atoms in total. The first-order valence-electron chi connectivity index (χ1n) is 5.01. The molecule has 92 valence electrons. The molecule has 0 atom stereocenters. The number of carbonyl (C=O) groups excluding carboxylic acids is 1. The van der Waals surface area contributed by atoms with E-state index in [1.165, 1.54) is 30.6 Å². The Balaban J connectivity index is 0.000000324. The quantitative estimate of drug-likeness (QED) is 0.626. The second-order valence-electron chi connectivity index (χ2n) is 3.20. The van der Waals surface area contributed by atoms with Gasteiger partial charge in [0.2, 0.25) is 0 Å². The molecule has 2 rings (SSSR count). The minimum Gasteiger partial charge on any atom is -0.545 e. The number of aromatic nitrogens is 1. The van der Waals surface area contributed by atoms with Crippen molar-refractivity contribution in [3.05, 3.63) is 66.0 Å². The van der Waals surface area contributed by atoms with Crippen LogP contribution in [0.2, 0.25) is 0 Å². The zero-order valence-corrected chi connectivity index (χ0v) is 12.3. The van der Waals surface area contributed by atoms with Gasteiger partial charge in [-0.15, -0.1) is 0 Å². The Bertz CT molecular complexity index is 467. The van der Waals surface area contributed by atoms with E-state index >= 15 is 0 Å². The Morgan fingerprint density at radius 3 is 1.89 bits per heavy atom. The molecule has 1 N–H and O–H groups in total. The molecule has 1 aromatic carbocycles. The van der Waals surface area contributed by atoms with Crippen molar-refractivity contribution in [2.45, 2.75) is 0 Å². The summed E-state index contributed by atoms with van der Waals surface area (Å²) in [5.74, 6) is -2.07. The van der Waals surface area contributed by atoms with Crippen LogP contribution in [0.25, 0.3) is 0 Å². The van der Waals surface area contributed by atoms with Crippen LogP contribution in [0.1, 0.15) is 20.7 Å². The van der Waals surface area contributed by atoms with E-state index in [4.69, 9.17) is 5.11 Å². The van der Waals surface area contributed by atoms with Crippen molar-refractivity contribution < 1.29 is 49.4 Å². The molecule has 0 unspecified atom stereocenters. The summed E-state index contributed by atoms with van der Waals surface area (Å²) in [4.78, 5) is 23.9. The van der Waals surface area contributed by atoms with Crippen molar-refractivity contribution >= 4 is 11.9 Å². The van der Waals surface area contributed by atoms with Crippen molar-refractivity contribution in [2.24, 2.45) is 0 Å². The number of hydrogen-bond acceptors (Lipinski definition) is 4. The SMILES string of the molecule is O=C(O)c1cccnc1.O=C([O-])c1ccccc1.[Na+]. The molecule has 0 spiro atoms. The van der Waals surface area contributed by atoms with Crippen LogP contribution in [0.3, 0.4) is 0 Å². The smallest absolute Gasteiger partial charge is 0.545 e. The maximum absolute atomic E-state index is 10.2. The van der Waals surface area contributed by atoms with Crippen LogP contribution >= 0.6 is 0 Å². The first kappa shape index (κ1) is 17.3. The summed E-state index contributed by atoms with van der Waals surface area (Å²) in [6, 6.07) is 11.1. The van der Waals surface area contributed by atoms with Gasteiger partial charge in [0, 0.05) is 12.4 Å². The fourth-order valence-corrected chi connectivity index (χ4v) is 1.06. The molecule has 2 aromatic rings. The van der Waals surface area contributed by atoms with E-state index in [1.54, 1.807) is 24.3 Å². The molecule has 0 bridgehead atoms. The Morgan fingerprint density at radius 2 is 1.58 bits per heavy atom. The Hall–Kier alpha value is -1.69. The zero-order valence-electron chi connectivity index (χ0n) is 10.3. The van der Waals surface area contributed by atoms with Crippen LogP contribution in [-0.2, 0) is 0 Å². The van der Waals surface area contributed by atoms with E-state index in [2.05, 4.69) is 4.98 Å². The van der Waals surface area contributed by atoms with Gasteiger partial charge in [0.25, 0.3) is 0 Å². The largest absolute Gasteiger partial charge is 1.00 e. The molecule has 0 amide bonds. The van der Waals surface area contributed by atoms with Gasteiger partial charge in [-0.25, -0.2) is 4.79 Å². The normalized spacial score (nSPS) is 8.42. The number of carbonyl (C=O) groups is 2. The van der Waals surface area contributed by atoms with Gasteiger partial charge in [-0.3, -0.25) is 4.98 Å². The van der Waals surface area contributed by atoms with Crippen LogP contribution in [0.5, 0.6) is 0 Å². The van der Waals surface area contributed by atoms with E-state index in [9.17, 15) is 14.7 Å². The predicted molar refractivity (Wildman–Crippen MR) is 62.0 cm³/mol. The zero-order chi connectivity index (χ0) is 13.4. The number of carboxylic acid groups (broad SMARTS) is 2. The van der Waals surface area contributed by atoms with Crippen molar-refractivity contribution in [2.75, 3.05) is 0 Å². The van der Waals surface area contributed by atoms with E-state index in [1.807, 2.05) is 0 Å². The predicted octanol–water partition coefficient (Wildman–Crippen LogP) is -2.17. The molecule has 1 heterocycles. The second kappa shape index (κ2) is 9.27. The molecule has 19 heavy (non-hydrogen) atoms. The summed E-state index contributed by atoms with van der Waals surface area (Å²) >= 11 is 0. The molecular weight excluding hydrogens is 257 g/mol. The summed E-state index contributed by atoms with van der Waals surface area (Å²) in [5, 5.41) is 18.4. The van der Waals surface area contributed by atoms with Gasteiger partial charge < -0.3 is 15.0 Å². The maximum atomic E-state index is 10.2. The molecule has 0 saturated heterocycles. The average Bonchev–Trinajstić information content (AvgIpc) is 2.41. The van der Waals surface area contributed by atoms with E-state index < -0.39 is 11.9 Å². The van der Waals surface area contributed by atoms with Gasteiger partial charge in [-0.2, -0.15) is 0 Å². The van der Waals surface area contributed by atoms with Crippen LogP contribution in [0.4, 0.5) is 0 Å². The molecule has 0 aliphatic heterocycles. The number of rotatable bonds is 2. The standard InChI is InChI=1S/C7H6O2.C6H5NO2.Na/c8-7(9)6-4-2-1-3-5-6;8-6(9)5-2-1-3-7-4-5;/h1-5H,(H,8,9);1-4H,(H,8,9);/q;;+1/p-1. The third-order valence-corrected chi connectivity index (χ3v) is 1.92. The fourth-order valence-electron chi connectivity index (χ4n) is 1.06. The van der Waals surface area contributed by atoms with Gasteiger partial charge in [0.1, 0.15) is 0 Å². The monoisotopic (exact) mass is 267 g/mol. The first-order chi connectivity index (χ1) is 8.61. The van der Waals surface area contributed by atoms with E-state index in [0.29, 0.717) is 0 Å². The number of benzene rings is 1. The summed E-state index contributed by atoms with van der Waals surface area (Å²) in [7, 11) is 0. The third-order valence-electron chi connectivity index (χ3n) is 1.92. The number of pyridine rings is 1. The molecule has 6 heteroatoms. The van der Waals surface area contributed by atoms with Gasteiger partial charge in [0.05, 0.1) is 11.5 Å². The number of hydrogen-bond donors (Lipinski definition) is 1. The fraction of sp³-hybridized carbons (Fsp3) is 0. The molecule has 0 radical (unpaired) electrons. The van der Waals surface area contributed by atoms with Gasteiger partial charge in [-0.1, -0.05) is 30.3 Å². The summed E-state index contributed by atoms with van der Waals surface area (Å²) in [6.07, 6.45) is 2.84. The van der Waals surface area contributed by atoms with E-state index in [0.717, 1.165) is 0 Å². The number of nitrogens with zero attached hydrogens (tertiary/aromatic N) is 1. The third kappa shape index (κ3) is 6.71. The Morgan fingerprint density at radius 1 is 1.00 bits per heavy atom. The average molecular weight is 267 g/mol. The maximum Gasteiger partial charge on any atom is 1.00 e. The van der Waals surface area contributed by atoms with Crippen LogP contribution in [-0.4, -0.2) is 22.0 Å². The second-order valence-corrected chi connectivity index (χ2v) is 3.20. The molecule has 0 fully saturated rings.